The number of carbonyl (C=O) groups excluding carboxylic acids is 1. The van der Waals surface area contributed by atoms with Gasteiger partial charge >= 0.3 is 0 Å². The molecule has 3 heteroatoms. The molecule has 0 aliphatic heterocycles. The largest absolute Gasteiger partial charge is 0.396 e. The number of aliphatic hydroxyl groups excluding tert-OH is 1. The first-order chi connectivity index (χ1) is 8.30. The van der Waals surface area contributed by atoms with E-state index in [1.807, 2.05) is 6.92 Å². The van der Waals surface area contributed by atoms with Crippen molar-refractivity contribution in [1.29, 1.82) is 0 Å². The van der Waals surface area contributed by atoms with E-state index in [-0.39, 0.29) is 17.8 Å². The molecule has 18 heavy (non-hydrogen) atoms. The summed E-state index contributed by atoms with van der Waals surface area (Å²) >= 11 is 0. The first-order valence-corrected chi connectivity index (χ1v) is 6.87. The van der Waals surface area contributed by atoms with Gasteiger partial charge < -0.3 is 10.2 Å². The molecule has 3 aliphatic rings. The van der Waals surface area contributed by atoms with Crippen LogP contribution in [0.3, 0.4) is 0 Å². The Kier molecular flexibility index (Phi) is 2.24. The van der Waals surface area contributed by atoms with Crippen LogP contribution in [0.2, 0.25) is 0 Å². The van der Waals surface area contributed by atoms with Crippen molar-refractivity contribution in [2.24, 2.45) is 22.7 Å². The lowest BCUT2D eigenvalue weighted by molar-refractivity contribution is -0.162. The topological polar surface area (TPSA) is 57.5 Å². The molecule has 100 valence electrons. The predicted octanol–water partition coefficient (Wildman–Crippen LogP) is 1.68. The SMILES string of the molecule is C[C@H]1CC=C2[C@H]1C[C@]1(O)C(=O)C[C@]2(C)[C@@]1(C)CO. The third-order valence-corrected chi connectivity index (χ3v) is 6.37. The number of fused-ring (bicyclic) bond motifs is 4. The van der Waals surface area contributed by atoms with Gasteiger partial charge in [0, 0.05) is 17.3 Å². The lowest BCUT2D eigenvalue weighted by Crippen LogP contribution is -2.59. The highest BCUT2D eigenvalue weighted by Gasteiger charge is 2.72. The Hall–Kier alpha value is -0.670. The number of hydrogen-bond acceptors (Lipinski definition) is 3. The fraction of sp³-hybridized carbons (Fsp3) is 0.800. The summed E-state index contributed by atoms with van der Waals surface area (Å²) in [4.78, 5) is 12.3. The van der Waals surface area contributed by atoms with E-state index in [0.29, 0.717) is 24.7 Å². The number of allylic oxidation sites excluding steroid dienone is 2. The minimum Gasteiger partial charge on any atom is -0.396 e. The molecule has 0 radical (unpaired) electrons. The Bertz CT molecular complexity index is 455. The Morgan fingerprint density at radius 3 is 2.72 bits per heavy atom. The summed E-state index contributed by atoms with van der Waals surface area (Å²) in [7, 11) is 0. The lowest BCUT2D eigenvalue weighted by Gasteiger charge is -2.54. The molecule has 0 heterocycles. The van der Waals surface area contributed by atoms with Crippen LogP contribution in [0.5, 0.6) is 0 Å². The number of Topliss-reactive ketones (excluding diaryl/α,β-unsaturated/α-hetero) is 1. The summed E-state index contributed by atoms with van der Waals surface area (Å²) in [6, 6.07) is 0. The maximum Gasteiger partial charge on any atom is 0.165 e. The fourth-order valence-electron chi connectivity index (χ4n) is 4.69. The standard InChI is InChI=1S/C15H22O3/c1-9-4-5-11-10(9)6-15(18)12(17)7-13(11,2)14(15,3)8-16/h5,9-10,16,18H,4,6-8H2,1-3H3/t9-,10-,13-,14+,15-/m0/s1. The first kappa shape index (κ1) is 12.4. The van der Waals surface area contributed by atoms with Crippen molar-refractivity contribution < 1.29 is 15.0 Å². The van der Waals surface area contributed by atoms with Crippen LogP contribution in [0.15, 0.2) is 11.6 Å². The van der Waals surface area contributed by atoms with Crippen LogP contribution in [-0.2, 0) is 4.79 Å². The number of rotatable bonds is 1. The molecular formula is C15H22O3. The molecule has 0 aromatic carbocycles. The molecular weight excluding hydrogens is 228 g/mol. The molecule has 0 spiro atoms. The molecule has 0 unspecified atom stereocenters. The van der Waals surface area contributed by atoms with Crippen LogP contribution in [0.4, 0.5) is 0 Å². The van der Waals surface area contributed by atoms with Crippen LogP contribution in [-0.4, -0.2) is 28.2 Å². The van der Waals surface area contributed by atoms with Gasteiger partial charge in [0.2, 0.25) is 0 Å². The summed E-state index contributed by atoms with van der Waals surface area (Å²) in [6.45, 7) is 5.98. The van der Waals surface area contributed by atoms with Gasteiger partial charge in [-0.1, -0.05) is 32.4 Å². The van der Waals surface area contributed by atoms with Gasteiger partial charge in [0.1, 0.15) is 5.60 Å². The average Bonchev–Trinajstić information content (AvgIpc) is 2.71. The van der Waals surface area contributed by atoms with Crippen molar-refractivity contribution in [2.75, 3.05) is 6.61 Å². The van der Waals surface area contributed by atoms with Crippen LogP contribution in [0.1, 0.15) is 40.0 Å². The Labute approximate surface area is 108 Å². The molecule has 2 fully saturated rings. The maximum atomic E-state index is 12.3. The minimum atomic E-state index is -1.34. The second kappa shape index (κ2) is 3.26. The van der Waals surface area contributed by atoms with Crippen LogP contribution in [0.25, 0.3) is 0 Å². The Morgan fingerprint density at radius 1 is 1.44 bits per heavy atom. The Balaban J connectivity index is 2.20. The second-order valence-electron chi connectivity index (χ2n) is 6.97. The zero-order valence-electron chi connectivity index (χ0n) is 11.4. The van der Waals surface area contributed by atoms with Crippen LogP contribution < -0.4 is 0 Å². The fourth-order valence-corrected chi connectivity index (χ4v) is 4.69. The molecule has 0 aromatic rings. The number of hydrogen-bond donors (Lipinski definition) is 2. The molecule has 2 saturated carbocycles. The second-order valence-corrected chi connectivity index (χ2v) is 6.97. The van der Waals surface area contributed by atoms with E-state index in [1.165, 1.54) is 5.57 Å². The molecule has 2 bridgehead atoms. The van der Waals surface area contributed by atoms with Crippen LogP contribution >= 0.6 is 0 Å². The molecule has 3 nitrogen and oxygen atoms in total. The normalized spacial score (nSPS) is 54.5. The molecule has 3 aliphatic carbocycles. The molecule has 5 atom stereocenters. The highest BCUT2D eigenvalue weighted by atomic mass is 16.3. The highest BCUT2D eigenvalue weighted by molar-refractivity contribution is 5.93. The average molecular weight is 250 g/mol. The van der Waals surface area contributed by atoms with Crippen molar-refractivity contribution in [3.63, 3.8) is 0 Å². The number of carbonyl (C=O) groups is 1. The summed E-state index contributed by atoms with van der Waals surface area (Å²) < 4.78 is 0. The van der Waals surface area contributed by atoms with Gasteiger partial charge in [-0.2, -0.15) is 0 Å². The monoisotopic (exact) mass is 250 g/mol. The van der Waals surface area contributed by atoms with Gasteiger partial charge in [-0.05, 0) is 24.7 Å². The predicted molar refractivity (Wildman–Crippen MR) is 67.8 cm³/mol. The van der Waals surface area contributed by atoms with E-state index in [0.717, 1.165) is 6.42 Å². The smallest absolute Gasteiger partial charge is 0.165 e. The van der Waals surface area contributed by atoms with Crippen molar-refractivity contribution in [2.45, 2.75) is 45.6 Å². The van der Waals surface area contributed by atoms with Crippen molar-refractivity contribution in [1.82, 2.24) is 0 Å². The highest BCUT2D eigenvalue weighted by Crippen LogP contribution is 2.69. The van der Waals surface area contributed by atoms with Gasteiger partial charge in [0.25, 0.3) is 0 Å². The molecule has 0 aromatic heterocycles. The van der Waals surface area contributed by atoms with Crippen molar-refractivity contribution in [3.8, 4) is 0 Å². The Morgan fingerprint density at radius 2 is 2.11 bits per heavy atom. The van der Waals surface area contributed by atoms with Gasteiger partial charge in [-0.25, -0.2) is 0 Å². The van der Waals surface area contributed by atoms with E-state index >= 15 is 0 Å². The van der Waals surface area contributed by atoms with Gasteiger partial charge in [0.15, 0.2) is 5.78 Å². The molecule has 0 amide bonds. The third kappa shape index (κ3) is 1.03. The van der Waals surface area contributed by atoms with Gasteiger partial charge in [-0.3, -0.25) is 4.79 Å². The summed E-state index contributed by atoms with van der Waals surface area (Å²) in [5, 5.41) is 20.7. The maximum absolute atomic E-state index is 12.3. The van der Waals surface area contributed by atoms with E-state index < -0.39 is 11.0 Å². The summed E-state index contributed by atoms with van der Waals surface area (Å²) in [6.07, 6.45) is 4.14. The summed E-state index contributed by atoms with van der Waals surface area (Å²) in [5.74, 6) is 0.732. The van der Waals surface area contributed by atoms with E-state index in [1.54, 1.807) is 0 Å². The van der Waals surface area contributed by atoms with Crippen molar-refractivity contribution >= 4 is 5.78 Å². The van der Waals surface area contributed by atoms with E-state index in [2.05, 4.69) is 19.9 Å². The van der Waals surface area contributed by atoms with Gasteiger partial charge in [0.05, 0.1) is 6.61 Å². The zero-order valence-corrected chi connectivity index (χ0v) is 11.4. The van der Waals surface area contributed by atoms with E-state index in [9.17, 15) is 15.0 Å². The molecule has 2 N–H and O–H groups in total. The number of ketones is 1. The third-order valence-electron chi connectivity index (χ3n) is 6.37. The lowest BCUT2D eigenvalue weighted by atomic mass is 9.51. The quantitative estimate of drug-likeness (QED) is 0.696. The first-order valence-electron chi connectivity index (χ1n) is 6.87. The minimum absolute atomic E-state index is 0.0796. The molecule has 0 saturated heterocycles. The van der Waals surface area contributed by atoms with Crippen molar-refractivity contribution in [3.05, 3.63) is 11.6 Å². The summed E-state index contributed by atoms with van der Waals surface area (Å²) in [5.41, 5.74) is -1.14. The van der Waals surface area contributed by atoms with Crippen LogP contribution in [0, 0.1) is 22.7 Å². The van der Waals surface area contributed by atoms with E-state index in [4.69, 9.17) is 0 Å². The van der Waals surface area contributed by atoms with Gasteiger partial charge in [-0.15, -0.1) is 0 Å². The number of aliphatic hydroxyl groups is 2. The zero-order chi connectivity index (χ0) is 13.3. The molecule has 3 rings (SSSR count).